The highest BCUT2D eigenvalue weighted by molar-refractivity contribution is 7.99. The van der Waals surface area contributed by atoms with Crippen LogP contribution in [0.5, 0.6) is 5.75 Å². The van der Waals surface area contributed by atoms with Crippen molar-refractivity contribution in [2.75, 3.05) is 18.1 Å². The number of hydrogen-bond donors (Lipinski definition) is 1. The number of nitrogens with two attached hydrogens (primary N) is 1. The molecular weight excluding hydrogens is 374 g/mol. The molecule has 2 N–H and O–H groups in total. The number of ether oxygens (including phenoxy) is 1. The maximum atomic E-state index is 12.5. The number of nitrogens with zero attached hydrogens (tertiary/aromatic N) is 4. The topological polar surface area (TPSA) is 86.3 Å². The minimum atomic E-state index is 0.128. The Morgan fingerprint density at radius 3 is 2.71 bits per heavy atom. The predicted octanol–water partition coefficient (Wildman–Crippen LogP) is 3.19. The van der Waals surface area contributed by atoms with Crippen molar-refractivity contribution in [1.29, 1.82) is 0 Å². The Morgan fingerprint density at radius 2 is 2.04 bits per heavy atom. The van der Waals surface area contributed by atoms with Gasteiger partial charge in [-0.15, -0.1) is 10.2 Å². The van der Waals surface area contributed by atoms with Gasteiger partial charge in [-0.2, -0.15) is 0 Å². The lowest BCUT2D eigenvalue weighted by atomic mass is 10.0. The number of piperidine rings is 1. The third kappa shape index (κ3) is 4.98. The number of carbonyl (C=O) groups is 1. The fourth-order valence-electron chi connectivity index (χ4n) is 3.28. The van der Waals surface area contributed by atoms with E-state index in [1.807, 2.05) is 17.0 Å². The molecule has 28 heavy (non-hydrogen) atoms. The molecular formula is C20H29N5O2S. The standard InChI is InChI=1S/C20H29N5O2S/c1-14(2)16-7-9-17(10-8-16)27-12-18-22-23-20(25(18)21)28-13-19(26)24-11-5-4-6-15(24)3/h7-10,14-15H,4-6,11-13,21H2,1-3H3. The number of likely N-dealkylation sites (tertiary alicyclic amines) is 1. The number of rotatable bonds is 7. The van der Waals surface area contributed by atoms with Gasteiger partial charge in [-0.05, 0) is 49.8 Å². The van der Waals surface area contributed by atoms with E-state index in [2.05, 4.69) is 43.1 Å². The summed E-state index contributed by atoms with van der Waals surface area (Å²) in [4.78, 5) is 14.4. The molecule has 2 heterocycles. The molecule has 0 bridgehead atoms. The molecule has 1 aliphatic rings. The Bertz CT molecular complexity index is 790. The van der Waals surface area contributed by atoms with Crippen LogP contribution in [-0.4, -0.2) is 44.0 Å². The van der Waals surface area contributed by atoms with E-state index in [0.717, 1.165) is 25.1 Å². The lowest BCUT2D eigenvalue weighted by molar-refractivity contribution is -0.131. The van der Waals surface area contributed by atoms with E-state index in [1.165, 1.54) is 28.4 Å². The fourth-order valence-corrected chi connectivity index (χ4v) is 4.04. The van der Waals surface area contributed by atoms with Crippen LogP contribution in [0.1, 0.15) is 57.3 Å². The van der Waals surface area contributed by atoms with E-state index in [0.29, 0.717) is 28.7 Å². The molecule has 3 rings (SSSR count). The number of amides is 1. The van der Waals surface area contributed by atoms with Crippen molar-refractivity contribution in [1.82, 2.24) is 19.8 Å². The second-order valence-electron chi connectivity index (χ2n) is 7.50. The summed E-state index contributed by atoms with van der Waals surface area (Å²) in [7, 11) is 0. The average Bonchev–Trinajstić information content (AvgIpc) is 3.04. The highest BCUT2D eigenvalue weighted by Gasteiger charge is 2.23. The van der Waals surface area contributed by atoms with E-state index < -0.39 is 0 Å². The summed E-state index contributed by atoms with van der Waals surface area (Å²) in [6.07, 6.45) is 3.34. The molecule has 8 heteroatoms. The molecule has 1 aromatic carbocycles. The third-order valence-corrected chi connectivity index (χ3v) is 6.03. The van der Waals surface area contributed by atoms with Gasteiger partial charge in [0.1, 0.15) is 12.4 Å². The minimum absolute atomic E-state index is 0.128. The molecule has 152 valence electrons. The molecule has 2 aromatic rings. The van der Waals surface area contributed by atoms with Gasteiger partial charge in [-0.3, -0.25) is 4.79 Å². The van der Waals surface area contributed by atoms with Gasteiger partial charge in [0.15, 0.2) is 5.82 Å². The molecule has 1 saturated heterocycles. The van der Waals surface area contributed by atoms with Crippen LogP contribution in [0, 0.1) is 0 Å². The molecule has 1 unspecified atom stereocenters. The number of thioether (sulfide) groups is 1. The van der Waals surface area contributed by atoms with Gasteiger partial charge in [0.25, 0.3) is 0 Å². The first-order valence-electron chi connectivity index (χ1n) is 9.80. The van der Waals surface area contributed by atoms with Crippen LogP contribution >= 0.6 is 11.8 Å². The SMILES string of the molecule is CC(C)c1ccc(OCc2nnc(SCC(=O)N3CCCCC3C)n2N)cc1. The molecule has 0 saturated carbocycles. The Labute approximate surface area is 170 Å². The zero-order chi connectivity index (χ0) is 20.1. The maximum absolute atomic E-state index is 12.5. The molecule has 0 radical (unpaired) electrons. The summed E-state index contributed by atoms with van der Waals surface area (Å²) in [5.74, 6) is 8.30. The third-order valence-electron chi connectivity index (χ3n) is 5.10. The first kappa shape index (κ1) is 20.5. The van der Waals surface area contributed by atoms with Gasteiger partial charge in [0, 0.05) is 12.6 Å². The lowest BCUT2D eigenvalue weighted by Gasteiger charge is -2.33. The quantitative estimate of drug-likeness (QED) is 0.564. The summed E-state index contributed by atoms with van der Waals surface area (Å²) in [6.45, 7) is 7.48. The van der Waals surface area contributed by atoms with Crippen LogP contribution < -0.4 is 10.6 Å². The van der Waals surface area contributed by atoms with Crippen molar-refractivity contribution >= 4 is 17.7 Å². The Balaban J connectivity index is 1.52. The second kappa shape index (κ2) is 9.32. The first-order valence-corrected chi connectivity index (χ1v) is 10.8. The van der Waals surface area contributed by atoms with Crippen LogP contribution in [0.2, 0.25) is 0 Å². The Morgan fingerprint density at radius 1 is 1.29 bits per heavy atom. The smallest absolute Gasteiger partial charge is 0.233 e. The van der Waals surface area contributed by atoms with Gasteiger partial charge in [0.05, 0.1) is 5.75 Å². The summed E-state index contributed by atoms with van der Waals surface area (Å²) >= 11 is 1.32. The summed E-state index contributed by atoms with van der Waals surface area (Å²) in [6, 6.07) is 8.31. The number of hydrogen-bond acceptors (Lipinski definition) is 6. The van der Waals surface area contributed by atoms with Crippen LogP contribution in [0.3, 0.4) is 0 Å². The number of aromatic nitrogens is 3. The van der Waals surface area contributed by atoms with Gasteiger partial charge < -0.3 is 15.5 Å². The van der Waals surface area contributed by atoms with Crippen molar-refractivity contribution in [3.05, 3.63) is 35.7 Å². The molecule has 1 amide bonds. The minimum Gasteiger partial charge on any atom is -0.486 e. The molecule has 1 atom stereocenters. The van der Waals surface area contributed by atoms with Crippen molar-refractivity contribution in [3.63, 3.8) is 0 Å². The van der Waals surface area contributed by atoms with Crippen molar-refractivity contribution < 1.29 is 9.53 Å². The van der Waals surface area contributed by atoms with Crippen molar-refractivity contribution in [2.45, 2.75) is 63.8 Å². The summed E-state index contributed by atoms with van der Waals surface area (Å²) < 4.78 is 7.17. The number of benzene rings is 1. The number of carbonyl (C=O) groups excluding carboxylic acids is 1. The summed E-state index contributed by atoms with van der Waals surface area (Å²) in [5.41, 5.74) is 1.26. The highest BCUT2D eigenvalue weighted by atomic mass is 32.2. The van der Waals surface area contributed by atoms with Gasteiger partial charge in [-0.1, -0.05) is 37.7 Å². The zero-order valence-electron chi connectivity index (χ0n) is 16.8. The van der Waals surface area contributed by atoms with Crippen LogP contribution in [0.4, 0.5) is 0 Å². The van der Waals surface area contributed by atoms with Crippen LogP contribution in [0.15, 0.2) is 29.4 Å². The van der Waals surface area contributed by atoms with E-state index in [9.17, 15) is 4.79 Å². The van der Waals surface area contributed by atoms with Crippen LogP contribution in [-0.2, 0) is 11.4 Å². The molecule has 7 nitrogen and oxygen atoms in total. The van der Waals surface area contributed by atoms with Gasteiger partial charge >= 0.3 is 0 Å². The lowest BCUT2D eigenvalue weighted by Crippen LogP contribution is -2.43. The largest absolute Gasteiger partial charge is 0.486 e. The Hall–Kier alpha value is -2.22. The second-order valence-corrected chi connectivity index (χ2v) is 8.44. The first-order chi connectivity index (χ1) is 13.5. The molecule has 0 aliphatic carbocycles. The zero-order valence-corrected chi connectivity index (χ0v) is 17.6. The van der Waals surface area contributed by atoms with E-state index >= 15 is 0 Å². The monoisotopic (exact) mass is 403 g/mol. The van der Waals surface area contributed by atoms with Crippen LogP contribution in [0.25, 0.3) is 0 Å². The van der Waals surface area contributed by atoms with Crippen molar-refractivity contribution in [3.8, 4) is 5.75 Å². The van der Waals surface area contributed by atoms with Crippen molar-refractivity contribution in [2.24, 2.45) is 0 Å². The van der Waals surface area contributed by atoms with E-state index in [4.69, 9.17) is 10.6 Å². The maximum Gasteiger partial charge on any atom is 0.233 e. The molecule has 1 aromatic heterocycles. The molecule has 0 spiro atoms. The fraction of sp³-hybridized carbons (Fsp3) is 0.550. The van der Waals surface area contributed by atoms with Gasteiger partial charge in [-0.25, -0.2) is 4.68 Å². The number of nitrogen functional groups attached to an aromatic ring is 1. The van der Waals surface area contributed by atoms with E-state index in [1.54, 1.807) is 0 Å². The molecule has 1 aliphatic heterocycles. The highest BCUT2D eigenvalue weighted by Crippen LogP contribution is 2.22. The average molecular weight is 404 g/mol. The van der Waals surface area contributed by atoms with Gasteiger partial charge in [0.2, 0.25) is 11.1 Å². The normalized spacial score (nSPS) is 17.1. The Kier molecular flexibility index (Phi) is 6.83. The summed E-state index contributed by atoms with van der Waals surface area (Å²) in [5, 5.41) is 8.72. The predicted molar refractivity (Wildman–Crippen MR) is 111 cm³/mol. The molecule has 1 fully saturated rings. The van der Waals surface area contributed by atoms with E-state index in [-0.39, 0.29) is 12.5 Å².